The first-order valence-electron chi connectivity index (χ1n) is 9.30. The third-order valence-corrected chi connectivity index (χ3v) is 5.04. The number of likely N-dealkylation sites (tertiary alicyclic amines) is 1. The van der Waals surface area contributed by atoms with Gasteiger partial charge >= 0.3 is 12.1 Å². The summed E-state index contributed by atoms with van der Waals surface area (Å²) >= 11 is 0. The van der Waals surface area contributed by atoms with Crippen LogP contribution >= 0.6 is 0 Å². The third-order valence-electron chi connectivity index (χ3n) is 5.04. The average molecular weight is 383 g/mol. The van der Waals surface area contributed by atoms with E-state index in [0.717, 1.165) is 17.5 Å². The molecule has 148 valence electrons. The Morgan fingerprint density at radius 1 is 1.04 bits per heavy atom. The Hall–Kier alpha value is -2.86. The zero-order valence-corrected chi connectivity index (χ0v) is 16.2. The van der Waals surface area contributed by atoms with Crippen molar-refractivity contribution in [3.05, 3.63) is 71.3 Å². The zero-order valence-electron chi connectivity index (χ0n) is 16.2. The van der Waals surface area contributed by atoms with Crippen molar-refractivity contribution in [2.45, 2.75) is 31.6 Å². The van der Waals surface area contributed by atoms with Gasteiger partial charge in [0.1, 0.15) is 6.61 Å². The standard InChI is InChI=1S/C22H25NO5/c1-26-19-12-13-23(22(25)28-15-16-6-4-3-5-7-16)20(14-19)17-8-10-18(11-9-17)21(24)27-2/h3-11,19-20H,12-15H2,1-2H3/t19-,20+/m0/s1. The Morgan fingerprint density at radius 3 is 2.39 bits per heavy atom. The summed E-state index contributed by atoms with van der Waals surface area (Å²) in [6.07, 6.45) is 1.16. The highest BCUT2D eigenvalue weighted by Gasteiger charge is 2.33. The van der Waals surface area contributed by atoms with Crippen LogP contribution in [0.15, 0.2) is 54.6 Å². The van der Waals surface area contributed by atoms with Gasteiger partial charge in [0.2, 0.25) is 0 Å². The maximum absolute atomic E-state index is 12.8. The molecule has 2 aromatic carbocycles. The summed E-state index contributed by atoms with van der Waals surface area (Å²) in [6.45, 7) is 0.785. The van der Waals surface area contributed by atoms with Crippen LogP contribution in [0.25, 0.3) is 0 Å². The van der Waals surface area contributed by atoms with E-state index in [2.05, 4.69) is 0 Å². The lowest BCUT2D eigenvalue weighted by Crippen LogP contribution is -2.43. The molecule has 1 aliphatic rings. The molecule has 0 bridgehead atoms. The number of amides is 1. The molecule has 0 aliphatic carbocycles. The highest BCUT2D eigenvalue weighted by Crippen LogP contribution is 2.33. The zero-order chi connectivity index (χ0) is 19.9. The number of benzene rings is 2. The second-order valence-corrected chi connectivity index (χ2v) is 6.75. The number of nitrogens with zero attached hydrogens (tertiary/aromatic N) is 1. The summed E-state index contributed by atoms with van der Waals surface area (Å²) in [5.74, 6) is -0.385. The molecular formula is C22H25NO5. The van der Waals surface area contributed by atoms with E-state index >= 15 is 0 Å². The minimum absolute atomic E-state index is 0.0726. The molecule has 0 aromatic heterocycles. The SMILES string of the molecule is COC(=O)c1ccc([C@H]2C[C@@H](OC)CCN2C(=O)OCc2ccccc2)cc1. The van der Waals surface area contributed by atoms with Gasteiger partial charge in [0.15, 0.2) is 0 Å². The van der Waals surface area contributed by atoms with Crippen molar-refractivity contribution in [3.8, 4) is 0 Å². The molecule has 28 heavy (non-hydrogen) atoms. The molecule has 1 fully saturated rings. The minimum atomic E-state index is -0.385. The fourth-order valence-electron chi connectivity index (χ4n) is 3.44. The Kier molecular flexibility index (Phi) is 6.66. The first kappa shape index (κ1) is 19.9. The smallest absolute Gasteiger partial charge is 0.410 e. The van der Waals surface area contributed by atoms with E-state index < -0.39 is 0 Å². The molecule has 0 saturated carbocycles. The number of hydrogen-bond acceptors (Lipinski definition) is 5. The largest absolute Gasteiger partial charge is 0.465 e. The second-order valence-electron chi connectivity index (χ2n) is 6.75. The van der Waals surface area contributed by atoms with Crippen LogP contribution < -0.4 is 0 Å². The van der Waals surface area contributed by atoms with Gasteiger partial charge in [0.25, 0.3) is 0 Å². The molecule has 6 nitrogen and oxygen atoms in total. The second kappa shape index (κ2) is 9.37. The van der Waals surface area contributed by atoms with E-state index in [4.69, 9.17) is 14.2 Å². The van der Waals surface area contributed by atoms with E-state index in [-0.39, 0.29) is 30.8 Å². The normalized spacial score (nSPS) is 19.1. The van der Waals surface area contributed by atoms with Crippen LogP contribution in [-0.4, -0.2) is 43.8 Å². The number of esters is 1. The molecule has 1 heterocycles. The van der Waals surface area contributed by atoms with E-state index in [0.29, 0.717) is 18.5 Å². The summed E-state index contributed by atoms with van der Waals surface area (Å²) in [5, 5.41) is 0. The van der Waals surface area contributed by atoms with Crippen molar-refractivity contribution in [2.75, 3.05) is 20.8 Å². The van der Waals surface area contributed by atoms with Crippen LogP contribution in [0.2, 0.25) is 0 Å². The highest BCUT2D eigenvalue weighted by atomic mass is 16.6. The lowest BCUT2D eigenvalue weighted by atomic mass is 9.93. The summed E-state index contributed by atoms with van der Waals surface area (Å²) < 4.78 is 15.8. The van der Waals surface area contributed by atoms with E-state index in [1.54, 1.807) is 24.1 Å². The maximum Gasteiger partial charge on any atom is 0.410 e. The van der Waals surface area contributed by atoms with Crippen molar-refractivity contribution in [1.82, 2.24) is 4.90 Å². The molecule has 0 spiro atoms. The Labute approximate surface area is 165 Å². The van der Waals surface area contributed by atoms with Crippen LogP contribution in [0.3, 0.4) is 0 Å². The van der Waals surface area contributed by atoms with Gasteiger partial charge in [-0.05, 0) is 36.1 Å². The lowest BCUT2D eigenvalue weighted by Gasteiger charge is -2.38. The molecule has 1 saturated heterocycles. The number of rotatable bonds is 5. The number of carbonyl (C=O) groups is 2. The minimum Gasteiger partial charge on any atom is -0.465 e. The third kappa shape index (κ3) is 4.70. The van der Waals surface area contributed by atoms with Gasteiger partial charge < -0.3 is 19.1 Å². The Bertz CT molecular complexity index is 790. The molecule has 2 aromatic rings. The van der Waals surface area contributed by atoms with Crippen molar-refractivity contribution < 1.29 is 23.8 Å². The summed E-state index contributed by atoms with van der Waals surface area (Å²) in [7, 11) is 3.04. The van der Waals surface area contributed by atoms with Crippen LogP contribution in [0.1, 0.15) is 40.4 Å². The average Bonchev–Trinajstić information content (AvgIpc) is 2.77. The number of methoxy groups -OCH3 is 2. The van der Waals surface area contributed by atoms with Gasteiger partial charge in [-0.3, -0.25) is 0 Å². The summed E-state index contributed by atoms with van der Waals surface area (Å²) in [4.78, 5) is 26.2. The predicted octanol–water partition coefficient (Wildman–Crippen LogP) is 3.96. The molecule has 0 unspecified atom stereocenters. The topological polar surface area (TPSA) is 65.1 Å². The number of carbonyl (C=O) groups excluding carboxylic acids is 2. The van der Waals surface area contributed by atoms with Crippen molar-refractivity contribution in [1.29, 1.82) is 0 Å². The van der Waals surface area contributed by atoms with Crippen LogP contribution in [0.4, 0.5) is 4.79 Å². The summed E-state index contributed by atoms with van der Waals surface area (Å²) in [6, 6.07) is 16.6. The summed E-state index contributed by atoms with van der Waals surface area (Å²) in [5.41, 5.74) is 2.36. The van der Waals surface area contributed by atoms with E-state index in [1.807, 2.05) is 42.5 Å². The van der Waals surface area contributed by atoms with Crippen molar-refractivity contribution in [2.24, 2.45) is 0 Å². The van der Waals surface area contributed by atoms with E-state index in [9.17, 15) is 9.59 Å². The van der Waals surface area contributed by atoms with Gasteiger partial charge in [0.05, 0.1) is 24.8 Å². The van der Waals surface area contributed by atoms with Crippen LogP contribution in [0, 0.1) is 0 Å². The predicted molar refractivity (Wildman–Crippen MR) is 104 cm³/mol. The Balaban J connectivity index is 1.74. The number of piperidine rings is 1. The van der Waals surface area contributed by atoms with E-state index in [1.165, 1.54) is 7.11 Å². The van der Waals surface area contributed by atoms with Gasteiger partial charge in [-0.1, -0.05) is 42.5 Å². The fourth-order valence-corrected chi connectivity index (χ4v) is 3.44. The van der Waals surface area contributed by atoms with Gasteiger partial charge in [-0.15, -0.1) is 0 Å². The first-order chi connectivity index (χ1) is 13.6. The molecule has 6 heteroatoms. The van der Waals surface area contributed by atoms with Crippen molar-refractivity contribution >= 4 is 12.1 Å². The monoisotopic (exact) mass is 383 g/mol. The molecular weight excluding hydrogens is 358 g/mol. The molecule has 0 radical (unpaired) electrons. The molecule has 1 amide bonds. The first-order valence-corrected chi connectivity index (χ1v) is 9.30. The number of hydrogen-bond donors (Lipinski definition) is 0. The van der Waals surface area contributed by atoms with Crippen molar-refractivity contribution in [3.63, 3.8) is 0 Å². The van der Waals surface area contributed by atoms with Gasteiger partial charge in [-0.2, -0.15) is 0 Å². The molecule has 0 N–H and O–H groups in total. The molecule has 2 atom stereocenters. The molecule has 1 aliphatic heterocycles. The number of ether oxygens (including phenoxy) is 3. The van der Waals surface area contributed by atoms with Crippen LogP contribution in [0.5, 0.6) is 0 Å². The highest BCUT2D eigenvalue weighted by molar-refractivity contribution is 5.89. The van der Waals surface area contributed by atoms with Crippen LogP contribution in [-0.2, 0) is 20.8 Å². The lowest BCUT2D eigenvalue weighted by molar-refractivity contribution is 0.00474. The quantitative estimate of drug-likeness (QED) is 0.731. The Morgan fingerprint density at radius 2 is 1.75 bits per heavy atom. The maximum atomic E-state index is 12.8. The van der Waals surface area contributed by atoms with Gasteiger partial charge in [-0.25, -0.2) is 9.59 Å². The van der Waals surface area contributed by atoms with Gasteiger partial charge in [0, 0.05) is 13.7 Å². The fraction of sp³-hybridized carbons (Fsp3) is 0.364. The molecule has 3 rings (SSSR count).